The van der Waals surface area contributed by atoms with Crippen molar-refractivity contribution in [1.29, 1.82) is 0 Å². The smallest absolute Gasteiger partial charge is 0.315 e. The third kappa shape index (κ3) is 5.05. The van der Waals surface area contributed by atoms with Gasteiger partial charge in [0.05, 0.1) is 18.6 Å². The van der Waals surface area contributed by atoms with Gasteiger partial charge in [0.1, 0.15) is 0 Å². The molecule has 2 saturated heterocycles. The van der Waals surface area contributed by atoms with Crippen molar-refractivity contribution in [1.82, 2.24) is 15.2 Å². The minimum atomic E-state index is -0.0588. The Morgan fingerprint density at radius 2 is 1.93 bits per heavy atom. The Morgan fingerprint density at radius 3 is 2.73 bits per heavy atom. The second kappa shape index (κ2) is 9.38. The fourth-order valence-electron chi connectivity index (χ4n) is 3.98. The van der Waals surface area contributed by atoms with Crippen LogP contribution in [0.5, 0.6) is 0 Å². The van der Waals surface area contributed by atoms with Crippen LogP contribution in [0.25, 0.3) is 0 Å². The molecule has 8 heteroatoms. The van der Waals surface area contributed by atoms with E-state index in [1.165, 1.54) is 0 Å². The highest BCUT2D eigenvalue weighted by molar-refractivity contribution is 8.00. The van der Waals surface area contributed by atoms with E-state index in [0.717, 1.165) is 36.3 Å². The molecule has 0 unspecified atom stereocenters. The van der Waals surface area contributed by atoms with Gasteiger partial charge in [-0.05, 0) is 36.6 Å². The summed E-state index contributed by atoms with van der Waals surface area (Å²) in [5.41, 5.74) is 1.73. The maximum Gasteiger partial charge on any atom is 0.315 e. The Balaban J connectivity index is 1.18. The number of nitrogens with zero attached hydrogens (tertiary/aromatic N) is 1. The summed E-state index contributed by atoms with van der Waals surface area (Å²) in [5.74, 6) is 0.971. The molecule has 0 spiro atoms. The molecule has 2 fully saturated rings. The number of unbranched alkanes of at least 4 members (excludes halogenated alkanes) is 1. The van der Waals surface area contributed by atoms with E-state index >= 15 is 0 Å². The monoisotopic (exact) mass is 426 g/mol. The molecule has 3 amide bonds. The number of anilines is 1. The maximum atomic E-state index is 12.2. The van der Waals surface area contributed by atoms with Crippen molar-refractivity contribution in [2.75, 3.05) is 11.1 Å². The summed E-state index contributed by atoms with van der Waals surface area (Å²) in [6.45, 7) is 0.505. The molecular weight excluding hydrogens is 400 g/mol. The molecule has 3 heterocycles. The topological polar surface area (TPSA) is 92.2 Å². The van der Waals surface area contributed by atoms with Gasteiger partial charge in [-0.2, -0.15) is 11.8 Å². The number of carbonyl (C=O) groups excluding carboxylic acids is 2. The predicted octanol–water partition coefficient (Wildman–Crippen LogP) is 2.56. The molecule has 4 rings (SSSR count). The van der Waals surface area contributed by atoms with E-state index < -0.39 is 0 Å². The highest BCUT2D eigenvalue weighted by Gasteiger charge is 2.42. The lowest BCUT2D eigenvalue weighted by atomic mass is 10.0. The van der Waals surface area contributed by atoms with Crippen molar-refractivity contribution in [3.8, 4) is 0 Å². The molecule has 2 aliphatic heterocycles. The Bertz CT molecular complexity index is 959. The highest BCUT2D eigenvalue weighted by Crippen LogP contribution is 2.33. The van der Waals surface area contributed by atoms with E-state index in [-0.39, 0.29) is 29.6 Å². The zero-order chi connectivity index (χ0) is 20.9. The molecule has 1 aromatic carbocycles. The van der Waals surface area contributed by atoms with Gasteiger partial charge in [0.15, 0.2) is 0 Å². The molecule has 2 aliphatic rings. The SMILES string of the molecule is O=C(CCCC[C@@H]1SC[C@@H]2NC(=O)N[C@@H]21)Nc1ccc(Cn2ccccc2=O)cc1. The van der Waals surface area contributed by atoms with E-state index in [1.807, 2.05) is 42.1 Å². The lowest BCUT2D eigenvalue weighted by Gasteiger charge is -2.16. The number of amides is 3. The van der Waals surface area contributed by atoms with Crippen LogP contribution in [0.4, 0.5) is 10.5 Å². The van der Waals surface area contributed by atoms with Crippen molar-refractivity contribution in [3.05, 3.63) is 64.6 Å². The summed E-state index contributed by atoms with van der Waals surface area (Å²) in [6.07, 6.45) is 5.05. The number of carbonyl (C=O) groups is 2. The summed E-state index contributed by atoms with van der Waals surface area (Å²) < 4.78 is 1.64. The Hall–Kier alpha value is -2.74. The van der Waals surface area contributed by atoms with E-state index in [2.05, 4.69) is 16.0 Å². The number of nitrogens with one attached hydrogen (secondary N) is 3. The molecule has 7 nitrogen and oxygen atoms in total. The molecule has 0 aliphatic carbocycles. The number of benzene rings is 1. The second-order valence-corrected chi connectivity index (χ2v) is 9.05. The number of pyridine rings is 1. The predicted molar refractivity (Wildman–Crippen MR) is 119 cm³/mol. The number of hydrogen-bond acceptors (Lipinski definition) is 4. The molecule has 158 valence electrons. The van der Waals surface area contributed by atoms with Gasteiger partial charge in [-0.15, -0.1) is 0 Å². The fraction of sp³-hybridized carbons (Fsp3) is 0.409. The van der Waals surface area contributed by atoms with Crippen molar-refractivity contribution < 1.29 is 9.59 Å². The zero-order valence-corrected chi connectivity index (χ0v) is 17.5. The summed E-state index contributed by atoms with van der Waals surface area (Å²) >= 11 is 1.90. The van der Waals surface area contributed by atoms with Gasteiger partial charge in [0.25, 0.3) is 5.56 Å². The van der Waals surface area contributed by atoms with Crippen molar-refractivity contribution >= 4 is 29.4 Å². The number of rotatable bonds is 8. The first-order valence-corrected chi connectivity index (χ1v) is 11.4. The van der Waals surface area contributed by atoms with Crippen LogP contribution in [0.1, 0.15) is 31.2 Å². The molecule has 0 saturated carbocycles. The van der Waals surface area contributed by atoms with Gasteiger partial charge in [-0.1, -0.05) is 24.6 Å². The Kier molecular flexibility index (Phi) is 6.42. The third-order valence-electron chi connectivity index (χ3n) is 5.57. The molecule has 0 bridgehead atoms. The normalized spacial score (nSPS) is 22.3. The van der Waals surface area contributed by atoms with Crippen molar-refractivity contribution in [2.24, 2.45) is 0 Å². The number of hydrogen-bond donors (Lipinski definition) is 3. The average Bonchev–Trinajstić information content (AvgIpc) is 3.28. The van der Waals surface area contributed by atoms with Gasteiger partial charge >= 0.3 is 6.03 Å². The molecule has 3 N–H and O–H groups in total. The Morgan fingerprint density at radius 1 is 1.10 bits per heavy atom. The quantitative estimate of drug-likeness (QED) is 0.447. The first-order valence-electron chi connectivity index (χ1n) is 10.3. The van der Waals surface area contributed by atoms with Gasteiger partial charge in [0.2, 0.25) is 5.91 Å². The van der Waals surface area contributed by atoms with E-state index in [9.17, 15) is 14.4 Å². The zero-order valence-electron chi connectivity index (χ0n) is 16.7. The van der Waals surface area contributed by atoms with Crippen LogP contribution in [0, 0.1) is 0 Å². The third-order valence-corrected chi connectivity index (χ3v) is 7.08. The van der Waals surface area contributed by atoms with Crippen molar-refractivity contribution in [3.63, 3.8) is 0 Å². The lowest BCUT2D eigenvalue weighted by Crippen LogP contribution is -2.36. The summed E-state index contributed by atoms with van der Waals surface area (Å²) in [7, 11) is 0. The summed E-state index contributed by atoms with van der Waals surface area (Å²) in [4.78, 5) is 35.4. The largest absolute Gasteiger partial charge is 0.332 e. The first-order chi connectivity index (χ1) is 14.6. The van der Waals surface area contributed by atoms with Crippen LogP contribution >= 0.6 is 11.8 Å². The van der Waals surface area contributed by atoms with Crippen LogP contribution in [0.2, 0.25) is 0 Å². The maximum absolute atomic E-state index is 12.2. The van der Waals surface area contributed by atoms with Crippen LogP contribution < -0.4 is 21.5 Å². The minimum absolute atomic E-state index is 0.00909. The molecule has 3 atom stereocenters. The van der Waals surface area contributed by atoms with Crippen LogP contribution in [-0.4, -0.2) is 39.6 Å². The standard InChI is InChI=1S/C22H26N4O3S/c27-19(6-2-1-5-18-21-17(14-30-18)24-22(29)25-21)23-16-10-8-15(9-11-16)13-26-12-4-3-7-20(26)28/h3-4,7-12,17-18,21H,1-2,5-6,13-14H2,(H,23,27)(H2,24,25,29)/t17-,18-,21-/m0/s1. The summed E-state index contributed by atoms with van der Waals surface area (Å²) in [5, 5.41) is 9.32. The van der Waals surface area contributed by atoms with E-state index in [4.69, 9.17) is 0 Å². The van der Waals surface area contributed by atoms with Crippen LogP contribution in [-0.2, 0) is 11.3 Å². The van der Waals surface area contributed by atoms with Gasteiger partial charge in [0, 0.05) is 35.4 Å². The highest BCUT2D eigenvalue weighted by atomic mass is 32.2. The average molecular weight is 427 g/mol. The Labute approximate surface area is 179 Å². The summed E-state index contributed by atoms with van der Waals surface area (Å²) in [6, 6.07) is 13.1. The van der Waals surface area contributed by atoms with Crippen LogP contribution in [0.3, 0.4) is 0 Å². The van der Waals surface area contributed by atoms with E-state index in [0.29, 0.717) is 18.2 Å². The molecule has 1 aromatic heterocycles. The van der Waals surface area contributed by atoms with Gasteiger partial charge < -0.3 is 20.5 Å². The molecule has 0 radical (unpaired) electrons. The second-order valence-electron chi connectivity index (χ2n) is 7.78. The van der Waals surface area contributed by atoms with Crippen LogP contribution in [0.15, 0.2) is 53.5 Å². The molecule has 2 aromatic rings. The van der Waals surface area contributed by atoms with E-state index in [1.54, 1.807) is 22.9 Å². The number of urea groups is 1. The fourth-order valence-corrected chi connectivity index (χ4v) is 5.52. The minimum Gasteiger partial charge on any atom is -0.332 e. The lowest BCUT2D eigenvalue weighted by molar-refractivity contribution is -0.116. The number of fused-ring (bicyclic) bond motifs is 1. The molecule has 30 heavy (non-hydrogen) atoms. The number of thioether (sulfide) groups is 1. The number of aromatic nitrogens is 1. The van der Waals surface area contributed by atoms with Crippen molar-refractivity contribution in [2.45, 2.75) is 49.6 Å². The molecular formula is C22H26N4O3S. The van der Waals surface area contributed by atoms with Gasteiger partial charge in [-0.3, -0.25) is 9.59 Å². The first kappa shape index (κ1) is 20.5. The van der Waals surface area contributed by atoms with Gasteiger partial charge in [-0.25, -0.2) is 4.79 Å².